The lowest BCUT2D eigenvalue weighted by atomic mass is 9.87. The number of rotatable bonds is 4. The van der Waals surface area contributed by atoms with Crippen molar-refractivity contribution in [2.75, 3.05) is 13.2 Å². The molecule has 0 fully saturated rings. The summed E-state index contributed by atoms with van der Waals surface area (Å²) in [6.45, 7) is 10.8. The van der Waals surface area contributed by atoms with E-state index < -0.39 is 0 Å². The molecule has 0 bridgehead atoms. The van der Waals surface area contributed by atoms with Gasteiger partial charge in [-0.25, -0.2) is 0 Å². The Morgan fingerprint density at radius 2 is 2.17 bits per heavy atom. The van der Waals surface area contributed by atoms with Crippen LogP contribution in [0.1, 0.15) is 57.2 Å². The molecule has 3 atom stereocenters. The number of hydrogen-bond acceptors (Lipinski definition) is 2. The van der Waals surface area contributed by atoms with E-state index in [9.17, 15) is 0 Å². The van der Waals surface area contributed by atoms with Crippen molar-refractivity contribution in [3.63, 3.8) is 0 Å². The first-order valence-corrected chi connectivity index (χ1v) is 7.18. The zero-order chi connectivity index (χ0) is 13.1. The molecule has 1 aromatic carbocycles. The van der Waals surface area contributed by atoms with Crippen molar-refractivity contribution >= 4 is 0 Å². The molecular weight excluding hydrogens is 222 g/mol. The number of ether oxygens (including phenoxy) is 1. The maximum atomic E-state index is 6.03. The Morgan fingerprint density at radius 3 is 2.83 bits per heavy atom. The van der Waals surface area contributed by atoms with Crippen LogP contribution in [0.25, 0.3) is 0 Å². The normalized spacial score (nSPS) is 24.2. The zero-order valence-corrected chi connectivity index (χ0v) is 12.0. The van der Waals surface area contributed by atoms with Gasteiger partial charge in [0.1, 0.15) is 5.75 Å². The molecule has 2 rings (SSSR count). The largest absolute Gasteiger partial charge is 0.493 e. The Kier molecular flexibility index (Phi) is 4.28. The van der Waals surface area contributed by atoms with Crippen LogP contribution in [0, 0.1) is 5.92 Å². The summed E-state index contributed by atoms with van der Waals surface area (Å²) in [6.07, 6.45) is 1.15. The van der Waals surface area contributed by atoms with Gasteiger partial charge in [-0.2, -0.15) is 0 Å². The predicted octanol–water partition coefficient (Wildman–Crippen LogP) is 3.88. The van der Waals surface area contributed by atoms with Gasteiger partial charge in [-0.3, -0.25) is 0 Å². The fraction of sp³-hybridized carbons (Fsp3) is 0.625. The summed E-state index contributed by atoms with van der Waals surface area (Å²) in [5.74, 6) is 2.23. The van der Waals surface area contributed by atoms with Crippen LogP contribution < -0.4 is 10.1 Å². The van der Waals surface area contributed by atoms with E-state index in [1.54, 1.807) is 0 Å². The van der Waals surface area contributed by atoms with Gasteiger partial charge >= 0.3 is 0 Å². The van der Waals surface area contributed by atoms with E-state index in [2.05, 4.69) is 51.2 Å². The highest BCUT2D eigenvalue weighted by atomic mass is 16.5. The third-order valence-corrected chi connectivity index (χ3v) is 4.04. The monoisotopic (exact) mass is 247 g/mol. The van der Waals surface area contributed by atoms with Crippen LogP contribution in [0.5, 0.6) is 5.75 Å². The zero-order valence-electron chi connectivity index (χ0n) is 12.0. The minimum Gasteiger partial charge on any atom is -0.493 e. The summed E-state index contributed by atoms with van der Waals surface area (Å²) >= 11 is 0. The van der Waals surface area contributed by atoms with E-state index in [4.69, 9.17) is 4.74 Å². The van der Waals surface area contributed by atoms with Gasteiger partial charge in [0.2, 0.25) is 0 Å². The molecule has 0 saturated heterocycles. The average Bonchev–Trinajstić information content (AvgIpc) is 2.40. The Morgan fingerprint density at radius 1 is 1.39 bits per heavy atom. The molecule has 1 aromatic rings. The molecule has 0 amide bonds. The molecule has 2 heteroatoms. The number of para-hydroxylation sites is 1. The lowest BCUT2D eigenvalue weighted by molar-refractivity contribution is 0.187. The molecule has 100 valence electrons. The Labute approximate surface area is 111 Å². The van der Waals surface area contributed by atoms with Gasteiger partial charge in [-0.1, -0.05) is 45.9 Å². The fourth-order valence-corrected chi connectivity index (χ4v) is 2.74. The lowest BCUT2D eigenvalue weighted by Gasteiger charge is -2.34. The standard InChI is InChI=1S/C16H25NO/c1-5-11(3)13-8-7-9-14-15(17-6-2)12(4)10-18-16(13)14/h7-9,11-12,15,17H,5-6,10H2,1-4H3. The van der Waals surface area contributed by atoms with Gasteiger partial charge in [0, 0.05) is 17.5 Å². The second-order valence-electron chi connectivity index (χ2n) is 5.40. The minimum atomic E-state index is 0.433. The van der Waals surface area contributed by atoms with Gasteiger partial charge in [0.05, 0.1) is 6.61 Å². The first kappa shape index (κ1) is 13.4. The molecular formula is C16H25NO. The van der Waals surface area contributed by atoms with Crippen molar-refractivity contribution in [2.45, 2.75) is 46.1 Å². The molecule has 2 nitrogen and oxygen atoms in total. The molecule has 0 saturated carbocycles. The highest BCUT2D eigenvalue weighted by molar-refractivity contribution is 5.46. The molecule has 0 radical (unpaired) electrons. The smallest absolute Gasteiger partial charge is 0.127 e. The topological polar surface area (TPSA) is 21.3 Å². The van der Waals surface area contributed by atoms with E-state index >= 15 is 0 Å². The maximum Gasteiger partial charge on any atom is 0.127 e. The van der Waals surface area contributed by atoms with Crippen LogP contribution in [0.15, 0.2) is 18.2 Å². The fourth-order valence-electron chi connectivity index (χ4n) is 2.74. The van der Waals surface area contributed by atoms with E-state index in [0.29, 0.717) is 17.9 Å². The molecule has 1 aliphatic heterocycles. The Hall–Kier alpha value is -1.02. The van der Waals surface area contributed by atoms with Gasteiger partial charge < -0.3 is 10.1 Å². The average molecular weight is 247 g/mol. The second-order valence-corrected chi connectivity index (χ2v) is 5.40. The predicted molar refractivity (Wildman–Crippen MR) is 76.2 cm³/mol. The second kappa shape index (κ2) is 5.75. The third kappa shape index (κ3) is 2.39. The number of nitrogens with one attached hydrogen (secondary N) is 1. The molecule has 0 aromatic heterocycles. The van der Waals surface area contributed by atoms with Gasteiger partial charge in [-0.15, -0.1) is 0 Å². The highest BCUT2D eigenvalue weighted by Crippen LogP contribution is 2.40. The van der Waals surface area contributed by atoms with Crippen molar-refractivity contribution in [1.82, 2.24) is 5.32 Å². The number of fused-ring (bicyclic) bond motifs is 1. The Bertz CT molecular complexity index is 402. The molecule has 3 unspecified atom stereocenters. The van der Waals surface area contributed by atoms with Crippen LogP contribution >= 0.6 is 0 Å². The number of benzene rings is 1. The summed E-state index contributed by atoms with van der Waals surface area (Å²) in [7, 11) is 0. The van der Waals surface area contributed by atoms with Gasteiger partial charge in [0.15, 0.2) is 0 Å². The van der Waals surface area contributed by atoms with E-state index in [1.165, 1.54) is 11.1 Å². The number of hydrogen-bond donors (Lipinski definition) is 1. The van der Waals surface area contributed by atoms with Crippen LogP contribution in [-0.4, -0.2) is 13.2 Å². The van der Waals surface area contributed by atoms with Crippen LogP contribution in [-0.2, 0) is 0 Å². The van der Waals surface area contributed by atoms with Gasteiger partial charge in [-0.05, 0) is 24.4 Å². The molecule has 0 aliphatic carbocycles. The molecule has 18 heavy (non-hydrogen) atoms. The highest BCUT2D eigenvalue weighted by Gasteiger charge is 2.29. The van der Waals surface area contributed by atoms with Crippen molar-refractivity contribution < 1.29 is 4.74 Å². The van der Waals surface area contributed by atoms with E-state index in [0.717, 1.165) is 25.3 Å². The van der Waals surface area contributed by atoms with E-state index in [-0.39, 0.29) is 0 Å². The van der Waals surface area contributed by atoms with Crippen LogP contribution in [0.3, 0.4) is 0 Å². The molecule has 0 spiro atoms. The first-order chi connectivity index (χ1) is 8.69. The quantitative estimate of drug-likeness (QED) is 0.872. The summed E-state index contributed by atoms with van der Waals surface area (Å²) in [4.78, 5) is 0. The van der Waals surface area contributed by atoms with E-state index in [1.807, 2.05) is 0 Å². The van der Waals surface area contributed by atoms with Gasteiger partial charge in [0.25, 0.3) is 0 Å². The SMILES string of the molecule is CCNC1c2cccc(C(C)CC)c2OCC1C. The van der Waals surface area contributed by atoms with Crippen molar-refractivity contribution in [2.24, 2.45) is 5.92 Å². The van der Waals surface area contributed by atoms with Crippen molar-refractivity contribution in [1.29, 1.82) is 0 Å². The first-order valence-electron chi connectivity index (χ1n) is 7.18. The summed E-state index contributed by atoms with van der Waals surface area (Å²) in [5.41, 5.74) is 2.71. The van der Waals surface area contributed by atoms with Crippen molar-refractivity contribution in [3.05, 3.63) is 29.3 Å². The lowest BCUT2D eigenvalue weighted by Crippen LogP contribution is -2.34. The Balaban J connectivity index is 2.41. The summed E-state index contributed by atoms with van der Waals surface area (Å²) in [6, 6.07) is 7.03. The van der Waals surface area contributed by atoms with Crippen molar-refractivity contribution in [3.8, 4) is 5.75 Å². The summed E-state index contributed by atoms with van der Waals surface area (Å²) in [5, 5.41) is 3.59. The molecule has 1 heterocycles. The summed E-state index contributed by atoms with van der Waals surface area (Å²) < 4.78 is 6.03. The minimum absolute atomic E-state index is 0.433. The third-order valence-electron chi connectivity index (χ3n) is 4.04. The van der Waals surface area contributed by atoms with Crippen LogP contribution in [0.2, 0.25) is 0 Å². The molecule has 1 aliphatic rings. The van der Waals surface area contributed by atoms with Crippen LogP contribution in [0.4, 0.5) is 0 Å². The maximum absolute atomic E-state index is 6.03. The molecule has 1 N–H and O–H groups in total.